The molecule has 1 aromatic heterocycles. The molecule has 5 nitrogen and oxygen atoms in total. The molecule has 2 heterocycles. The Kier molecular flexibility index (Phi) is 3.81. The molecular formula is C17H17F3N2O3. The van der Waals surface area contributed by atoms with Crippen LogP contribution in [0.4, 0.5) is 23.7 Å². The molecule has 1 N–H and O–H groups in total. The Morgan fingerprint density at radius 3 is 2.48 bits per heavy atom. The zero-order valence-corrected chi connectivity index (χ0v) is 13.9. The predicted octanol–water partition coefficient (Wildman–Crippen LogP) is 4.82. The van der Waals surface area contributed by atoms with E-state index in [2.05, 4.69) is 4.98 Å². The predicted molar refractivity (Wildman–Crippen MR) is 84.4 cm³/mol. The molecule has 3 rings (SSSR count). The summed E-state index contributed by atoms with van der Waals surface area (Å²) in [6, 6.07) is 1.41. The smallest absolute Gasteiger partial charge is 0.416 e. The fraction of sp³-hybridized carbons (Fsp3) is 0.412. The molecule has 0 aliphatic carbocycles. The summed E-state index contributed by atoms with van der Waals surface area (Å²) in [6.45, 7) is 5.58. The summed E-state index contributed by atoms with van der Waals surface area (Å²) in [7, 11) is 0. The molecule has 0 saturated heterocycles. The van der Waals surface area contributed by atoms with E-state index in [9.17, 15) is 23.1 Å². The van der Waals surface area contributed by atoms with Crippen LogP contribution >= 0.6 is 0 Å². The maximum Gasteiger partial charge on any atom is 0.416 e. The van der Waals surface area contributed by atoms with Crippen molar-refractivity contribution in [2.45, 2.75) is 39.4 Å². The molecule has 0 fully saturated rings. The molecule has 8 heteroatoms. The molecule has 25 heavy (non-hydrogen) atoms. The molecule has 1 amide bonds. The van der Waals surface area contributed by atoms with Gasteiger partial charge in [-0.2, -0.15) is 13.2 Å². The van der Waals surface area contributed by atoms with Crippen molar-refractivity contribution in [1.82, 2.24) is 4.98 Å². The number of rotatable bonds is 1. The SMILES string of the molecule is CC(C)(C)C1Cc2c(-c3cnco3)cc(C(F)(F)F)cc2N1C(=O)O. The van der Waals surface area contributed by atoms with E-state index in [1.165, 1.54) is 6.20 Å². The fourth-order valence-corrected chi connectivity index (χ4v) is 3.20. The molecule has 1 aromatic carbocycles. The first kappa shape index (κ1) is 17.3. The Morgan fingerprint density at radius 1 is 1.32 bits per heavy atom. The van der Waals surface area contributed by atoms with Crippen LogP contribution in [0.5, 0.6) is 0 Å². The van der Waals surface area contributed by atoms with E-state index < -0.39 is 29.3 Å². The van der Waals surface area contributed by atoms with Crippen LogP contribution in [0.2, 0.25) is 0 Å². The van der Waals surface area contributed by atoms with E-state index in [1.807, 2.05) is 20.8 Å². The summed E-state index contributed by atoms with van der Waals surface area (Å²) in [5.74, 6) is 0.183. The van der Waals surface area contributed by atoms with Crippen molar-refractivity contribution >= 4 is 11.8 Å². The first-order valence-electron chi connectivity index (χ1n) is 7.65. The second-order valence-corrected chi connectivity index (χ2v) is 7.12. The van der Waals surface area contributed by atoms with Crippen LogP contribution in [0.25, 0.3) is 11.3 Å². The number of oxazole rings is 1. The Bertz CT molecular complexity index is 808. The van der Waals surface area contributed by atoms with E-state index in [0.717, 1.165) is 23.4 Å². The van der Waals surface area contributed by atoms with Crippen LogP contribution in [0.1, 0.15) is 31.9 Å². The van der Waals surface area contributed by atoms with E-state index in [0.29, 0.717) is 12.0 Å². The highest BCUT2D eigenvalue weighted by Gasteiger charge is 2.44. The number of halogens is 3. The number of fused-ring (bicyclic) bond motifs is 1. The summed E-state index contributed by atoms with van der Waals surface area (Å²) in [4.78, 5) is 16.6. The van der Waals surface area contributed by atoms with Gasteiger partial charge in [-0.1, -0.05) is 20.8 Å². The molecular weight excluding hydrogens is 337 g/mol. The lowest BCUT2D eigenvalue weighted by atomic mass is 9.84. The van der Waals surface area contributed by atoms with Crippen molar-refractivity contribution in [3.8, 4) is 11.3 Å². The molecule has 0 radical (unpaired) electrons. The fourth-order valence-electron chi connectivity index (χ4n) is 3.20. The average molecular weight is 354 g/mol. The zero-order chi connectivity index (χ0) is 18.6. The Balaban J connectivity index is 2.27. The third kappa shape index (κ3) is 2.96. The lowest BCUT2D eigenvalue weighted by molar-refractivity contribution is -0.137. The van der Waals surface area contributed by atoms with Gasteiger partial charge in [0.2, 0.25) is 0 Å². The van der Waals surface area contributed by atoms with Crippen LogP contribution in [0.15, 0.2) is 29.1 Å². The number of aromatic nitrogens is 1. The number of hydrogen-bond donors (Lipinski definition) is 1. The molecule has 1 aliphatic rings. The van der Waals surface area contributed by atoms with E-state index >= 15 is 0 Å². The average Bonchev–Trinajstić information content (AvgIpc) is 3.11. The number of nitrogens with zero attached hydrogens (tertiary/aromatic N) is 2. The van der Waals surface area contributed by atoms with Crippen LogP contribution in [0.3, 0.4) is 0 Å². The molecule has 1 aliphatic heterocycles. The van der Waals surface area contributed by atoms with Crippen molar-refractivity contribution in [3.63, 3.8) is 0 Å². The lowest BCUT2D eigenvalue weighted by Gasteiger charge is -2.33. The van der Waals surface area contributed by atoms with Gasteiger partial charge in [0.05, 0.1) is 17.4 Å². The Labute approximate surface area is 142 Å². The van der Waals surface area contributed by atoms with E-state index in [4.69, 9.17) is 4.42 Å². The minimum Gasteiger partial charge on any atom is -0.465 e. The number of hydrogen-bond acceptors (Lipinski definition) is 3. The molecule has 0 saturated carbocycles. The molecule has 134 valence electrons. The summed E-state index contributed by atoms with van der Waals surface area (Å²) in [6.07, 6.45) is -3.12. The topological polar surface area (TPSA) is 66.6 Å². The minimum absolute atomic E-state index is 0.0497. The third-order valence-electron chi connectivity index (χ3n) is 4.43. The Morgan fingerprint density at radius 2 is 2.00 bits per heavy atom. The number of carboxylic acid groups (broad SMARTS) is 1. The highest BCUT2D eigenvalue weighted by atomic mass is 19.4. The summed E-state index contributed by atoms with van der Waals surface area (Å²) in [5.41, 5.74) is -0.575. The van der Waals surface area contributed by atoms with Gasteiger partial charge in [-0.15, -0.1) is 0 Å². The molecule has 1 atom stereocenters. The quantitative estimate of drug-likeness (QED) is 0.798. The largest absolute Gasteiger partial charge is 0.465 e. The first-order chi connectivity index (χ1) is 11.5. The van der Waals surface area contributed by atoms with Crippen molar-refractivity contribution in [2.75, 3.05) is 4.90 Å². The summed E-state index contributed by atoms with van der Waals surface area (Å²) in [5, 5.41) is 9.62. The van der Waals surface area contributed by atoms with Gasteiger partial charge >= 0.3 is 12.3 Å². The van der Waals surface area contributed by atoms with Gasteiger partial charge < -0.3 is 9.52 Å². The monoisotopic (exact) mass is 354 g/mol. The number of benzene rings is 1. The number of anilines is 1. The van der Waals surface area contributed by atoms with Crippen LogP contribution in [0, 0.1) is 5.41 Å². The lowest BCUT2D eigenvalue weighted by Crippen LogP contribution is -2.44. The maximum atomic E-state index is 13.3. The molecule has 2 aromatic rings. The first-order valence-corrected chi connectivity index (χ1v) is 7.65. The Hall–Kier alpha value is -2.51. The highest BCUT2D eigenvalue weighted by Crippen LogP contribution is 2.47. The van der Waals surface area contributed by atoms with Gasteiger partial charge in [-0.05, 0) is 29.5 Å². The van der Waals surface area contributed by atoms with Crippen molar-refractivity contribution in [3.05, 3.63) is 35.9 Å². The summed E-state index contributed by atoms with van der Waals surface area (Å²) < 4.78 is 45.2. The standard InChI is InChI=1S/C17H17F3N2O3/c1-16(2,3)14-6-10-11(13-7-21-8-25-13)4-9(17(18,19)20)5-12(10)22(14)15(23)24/h4-5,7-8,14H,6H2,1-3H3,(H,23,24). The zero-order valence-electron chi connectivity index (χ0n) is 13.9. The summed E-state index contributed by atoms with van der Waals surface area (Å²) >= 11 is 0. The van der Waals surface area contributed by atoms with Gasteiger partial charge in [-0.25, -0.2) is 9.78 Å². The van der Waals surface area contributed by atoms with Gasteiger partial charge in [0, 0.05) is 11.6 Å². The molecule has 0 bridgehead atoms. The van der Waals surface area contributed by atoms with E-state index in [1.54, 1.807) is 0 Å². The van der Waals surface area contributed by atoms with Crippen LogP contribution in [-0.2, 0) is 12.6 Å². The number of alkyl halides is 3. The molecule has 1 unspecified atom stereocenters. The number of carbonyl (C=O) groups is 1. The molecule has 0 spiro atoms. The maximum absolute atomic E-state index is 13.3. The normalized spacial score (nSPS) is 17.7. The van der Waals surface area contributed by atoms with Gasteiger partial charge in [0.1, 0.15) is 0 Å². The van der Waals surface area contributed by atoms with Crippen LogP contribution < -0.4 is 4.90 Å². The van der Waals surface area contributed by atoms with Gasteiger partial charge in [0.15, 0.2) is 12.2 Å². The number of amides is 1. The van der Waals surface area contributed by atoms with Gasteiger partial charge in [-0.3, -0.25) is 4.90 Å². The van der Waals surface area contributed by atoms with Crippen LogP contribution in [-0.4, -0.2) is 22.2 Å². The van der Waals surface area contributed by atoms with Gasteiger partial charge in [0.25, 0.3) is 0 Å². The third-order valence-corrected chi connectivity index (χ3v) is 4.43. The van der Waals surface area contributed by atoms with Crippen molar-refractivity contribution in [1.29, 1.82) is 0 Å². The van der Waals surface area contributed by atoms with Crippen molar-refractivity contribution < 1.29 is 27.5 Å². The minimum atomic E-state index is -4.60. The highest BCUT2D eigenvalue weighted by molar-refractivity contribution is 5.92. The van der Waals surface area contributed by atoms with E-state index in [-0.39, 0.29) is 17.0 Å². The van der Waals surface area contributed by atoms with Crippen molar-refractivity contribution in [2.24, 2.45) is 5.41 Å². The second kappa shape index (κ2) is 5.50. The second-order valence-electron chi connectivity index (χ2n) is 7.12.